The Bertz CT molecular complexity index is 1100. The molecule has 0 aliphatic heterocycles. The van der Waals surface area contributed by atoms with Gasteiger partial charge in [-0.2, -0.15) is 0 Å². The fourth-order valence-electron chi connectivity index (χ4n) is 2.14. The van der Waals surface area contributed by atoms with E-state index in [0.717, 1.165) is 17.2 Å². The molecule has 116 valence electrons. The number of nitrogens with one attached hydrogen (secondary N) is 2. The molecule has 2 heterocycles. The number of rotatable bonds is 2. The van der Waals surface area contributed by atoms with Crippen LogP contribution >= 0.6 is 0 Å². The minimum Gasteiger partial charge on any atom is -0.494 e. The number of aliphatic imine (C=N–C) groups is 1. The van der Waals surface area contributed by atoms with Gasteiger partial charge in [-0.25, -0.2) is 9.59 Å². The molecule has 3 rings (SSSR count). The predicted molar refractivity (Wildman–Crippen MR) is 83.8 cm³/mol. The fraction of sp³-hybridized carbons (Fsp3) is 0.0667. The lowest BCUT2D eigenvalue weighted by atomic mass is 10.1. The molecule has 0 amide bonds. The average molecular weight is 313 g/mol. The second-order valence-electron chi connectivity index (χ2n) is 4.86. The summed E-state index contributed by atoms with van der Waals surface area (Å²) in [6, 6.07) is 6.33. The largest absolute Gasteiger partial charge is 0.494 e. The van der Waals surface area contributed by atoms with Gasteiger partial charge in [0.15, 0.2) is 0 Å². The normalized spacial score (nSPS) is 11.3. The lowest BCUT2D eigenvalue weighted by molar-refractivity contribution is 0.447. The Morgan fingerprint density at radius 1 is 1.17 bits per heavy atom. The van der Waals surface area contributed by atoms with Crippen LogP contribution in [0.4, 0.5) is 5.69 Å². The van der Waals surface area contributed by atoms with Gasteiger partial charge >= 0.3 is 11.3 Å². The highest BCUT2D eigenvalue weighted by atomic mass is 16.4. The summed E-state index contributed by atoms with van der Waals surface area (Å²) in [5.41, 5.74) is -0.672. The van der Waals surface area contributed by atoms with Gasteiger partial charge in [-0.05, 0) is 24.6 Å². The molecule has 3 aromatic rings. The molecule has 2 aromatic heterocycles. The number of aryl methyl sites for hydroxylation is 1. The van der Waals surface area contributed by atoms with Crippen molar-refractivity contribution < 1.29 is 9.52 Å². The monoisotopic (exact) mass is 313 g/mol. The van der Waals surface area contributed by atoms with Crippen LogP contribution in [-0.4, -0.2) is 21.3 Å². The van der Waals surface area contributed by atoms with E-state index in [-0.39, 0.29) is 5.56 Å². The van der Waals surface area contributed by atoms with Crippen LogP contribution in [0.1, 0.15) is 11.1 Å². The topological polar surface area (TPSA) is 129 Å². The van der Waals surface area contributed by atoms with Crippen LogP contribution in [0.15, 0.2) is 48.1 Å². The first-order valence-corrected chi connectivity index (χ1v) is 6.58. The van der Waals surface area contributed by atoms with E-state index in [4.69, 9.17) is 4.42 Å². The van der Waals surface area contributed by atoms with E-state index in [1.165, 1.54) is 12.1 Å². The van der Waals surface area contributed by atoms with Gasteiger partial charge in [0.25, 0.3) is 5.56 Å². The summed E-state index contributed by atoms with van der Waals surface area (Å²) in [7, 11) is 0. The van der Waals surface area contributed by atoms with E-state index in [2.05, 4.69) is 9.98 Å². The van der Waals surface area contributed by atoms with E-state index in [1.807, 2.05) is 4.98 Å². The standard InChI is InChI=1S/C15H11N3O5/c1-7-4-12(19)23-11-5-8(2-3-9(7)11)16-6-10-13(20)17-15(22)18-14(10)21/h2-6H,1H3,(H3,17,18,20,21,22). The second kappa shape index (κ2) is 5.41. The van der Waals surface area contributed by atoms with Crippen LogP contribution in [0.5, 0.6) is 5.88 Å². The Hall–Kier alpha value is -3.42. The van der Waals surface area contributed by atoms with Gasteiger partial charge in [0.05, 0.1) is 5.69 Å². The van der Waals surface area contributed by atoms with Gasteiger partial charge in [0, 0.05) is 23.7 Å². The third kappa shape index (κ3) is 2.82. The van der Waals surface area contributed by atoms with Crippen LogP contribution < -0.4 is 16.9 Å². The highest BCUT2D eigenvalue weighted by Crippen LogP contribution is 2.22. The summed E-state index contributed by atoms with van der Waals surface area (Å²) < 4.78 is 5.10. The first kappa shape index (κ1) is 14.5. The Balaban J connectivity index is 2.07. The highest BCUT2D eigenvalue weighted by molar-refractivity contribution is 5.87. The van der Waals surface area contributed by atoms with Gasteiger partial charge in [0.2, 0.25) is 5.88 Å². The lowest BCUT2D eigenvalue weighted by Gasteiger charge is -2.01. The van der Waals surface area contributed by atoms with E-state index in [9.17, 15) is 19.5 Å². The molecule has 8 heteroatoms. The summed E-state index contributed by atoms with van der Waals surface area (Å²) in [4.78, 5) is 42.1. The second-order valence-corrected chi connectivity index (χ2v) is 4.86. The van der Waals surface area contributed by atoms with Gasteiger partial charge in [0.1, 0.15) is 11.1 Å². The quantitative estimate of drug-likeness (QED) is 0.479. The molecule has 23 heavy (non-hydrogen) atoms. The molecule has 0 unspecified atom stereocenters. The maximum absolute atomic E-state index is 11.6. The molecule has 0 saturated heterocycles. The Morgan fingerprint density at radius 3 is 2.70 bits per heavy atom. The molecule has 1 aromatic carbocycles. The predicted octanol–water partition coefficient (Wildman–Crippen LogP) is 0.934. The lowest BCUT2D eigenvalue weighted by Crippen LogP contribution is -2.24. The summed E-state index contributed by atoms with van der Waals surface area (Å²) in [6.07, 6.45) is 1.11. The first-order valence-electron chi connectivity index (χ1n) is 6.58. The van der Waals surface area contributed by atoms with Crippen molar-refractivity contribution in [2.24, 2.45) is 4.99 Å². The van der Waals surface area contributed by atoms with Crippen LogP contribution in [0.3, 0.4) is 0 Å². The van der Waals surface area contributed by atoms with Crippen LogP contribution in [0.25, 0.3) is 11.0 Å². The summed E-state index contributed by atoms with van der Waals surface area (Å²) >= 11 is 0. The number of nitrogens with zero attached hydrogens (tertiary/aromatic N) is 1. The van der Waals surface area contributed by atoms with Crippen molar-refractivity contribution >= 4 is 22.9 Å². The summed E-state index contributed by atoms with van der Waals surface area (Å²) in [5, 5.41) is 10.3. The molecule has 0 spiro atoms. The third-order valence-corrected chi connectivity index (χ3v) is 3.24. The van der Waals surface area contributed by atoms with Gasteiger partial charge in [-0.1, -0.05) is 0 Å². The van der Waals surface area contributed by atoms with Crippen LogP contribution in [-0.2, 0) is 0 Å². The minimum atomic E-state index is -0.812. The van der Waals surface area contributed by atoms with E-state index < -0.39 is 22.8 Å². The van der Waals surface area contributed by atoms with Crippen molar-refractivity contribution in [2.75, 3.05) is 0 Å². The molecule has 0 bridgehead atoms. The highest BCUT2D eigenvalue weighted by Gasteiger charge is 2.06. The molecule has 0 fully saturated rings. The van der Waals surface area contributed by atoms with Gasteiger partial charge in [-0.3, -0.25) is 19.8 Å². The van der Waals surface area contributed by atoms with Crippen molar-refractivity contribution in [1.29, 1.82) is 0 Å². The SMILES string of the molecule is Cc1cc(=O)oc2cc(N=Cc3c(O)[nH]c(=O)[nH]c3=O)ccc12. The van der Waals surface area contributed by atoms with Crippen molar-refractivity contribution in [3.63, 3.8) is 0 Å². The molecular formula is C15H11N3O5. The average Bonchev–Trinajstić information content (AvgIpc) is 2.45. The maximum atomic E-state index is 11.6. The van der Waals surface area contributed by atoms with Crippen molar-refractivity contribution in [3.8, 4) is 5.88 Å². The van der Waals surface area contributed by atoms with Gasteiger partial charge < -0.3 is 9.52 Å². The Kier molecular flexibility index (Phi) is 3.41. The molecule has 0 aliphatic carbocycles. The number of hydrogen-bond donors (Lipinski definition) is 3. The Morgan fingerprint density at radius 2 is 1.96 bits per heavy atom. The van der Waals surface area contributed by atoms with E-state index in [0.29, 0.717) is 11.3 Å². The Labute approximate surface area is 127 Å². The molecule has 0 saturated carbocycles. The zero-order valence-electron chi connectivity index (χ0n) is 11.9. The maximum Gasteiger partial charge on any atom is 0.336 e. The number of aromatic amines is 2. The van der Waals surface area contributed by atoms with Gasteiger partial charge in [-0.15, -0.1) is 0 Å². The van der Waals surface area contributed by atoms with E-state index in [1.54, 1.807) is 19.1 Å². The number of aromatic nitrogens is 2. The smallest absolute Gasteiger partial charge is 0.336 e. The zero-order chi connectivity index (χ0) is 16.6. The number of fused-ring (bicyclic) bond motifs is 1. The van der Waals surface area contributed by atoms with Crippen molar-refractivity contribution in [1.82, 2.24) is 9.97 Å². The number of H-pyrrole nitrogens is 2. The third-order valence-electron chi connectivity index (χ3n) is 3.24. The number of hydrogen-bond acceptors (Lipinski definition) is 6. The molecule has 0 radical (unpaired) electrons. The molecule has 0 aliphatic rings. The minimum absolute atomic E-state index is 0.185. The molecule has 0 atom stereocenters. The summed E-state index contributed by atoms with van der Waals surface area (Å²) in [5.74, 6) is -0.578. The molecule has 3 N–H and O–H groups in total. The molecular weight excluding hydrogens is 302 g/mol. The zero-order valence-corrected chi connectivity index (χ0v) is 11.9. The molecule has 8 nitrogen and oxygen atoms in total. The van der Waals surface area contributed by atoms with Crippen molar-refractivity contribution in [2.45, 2.75) is 6.92 Å². The van der Waals surface area contributed by atoms with Crippen molar-refractivity contribution in [3.05, 3.63) is 66.7 Å². The fourth-order valence-corrected chi connectivity index (χ4v) is 2.14. The van der Waals surface area contributed by atoms with Crippen LogP contribution in [0, 0.1) is 6.92 Å². The first-order chi connectivity index (χ1) is 10.9. The number of benzene rings is 1. The van der Waals surface area contributed by atoms with E-state index >= 15 is 0 Å². The summed E-state index contributed by atoms with van der Waals surface area (Å²) in [6.45, 7) is 1.79. The number of aromatic hydroxyl groups is 1. The van der Waals surface area contributed by atoms with Crippen LogP contribution in [0.2, 0.25) is 0 Å².